The maximum Gasteiger partial charge on any atom is 0.401 e. The summed E-state index contributed by atoms with van der Waals surface area (Å²) >= 11 is 0. The molecular formula is C10H19F3N2. The van der Waals surface area contributed by atoms with Crippen molar-refractivity contribution in [1.29, 1.82) is 0 Å². The van der Waals surface area contributed by atoms with Gasteiger partial charge in [-0.15, -0.1) is 0 Å². The molecule has 0 bridgehead atoms. The SMILES string of the molecule is CCCN1CCC(CNCC(F)(F)F)C1. The van der Waals surface area contributed by atoms with E-state index < -0.39 is 12.7 Å². The number of hydrogen-bond acceptors (Lipinski definition) is 2. The van der Waals surface area contributed by atoms with Crippen molar-refractivity contribution >= 4 is 0 Å². The van der Waals surface area contributed by atoms with Crippen LogP contribution in [0.1, 0.15) is 19.8 Å². The van der Waals surface area contributed by atoms with Gasteiger partial charge in [-0.2, -0.15) is 13.2 Å². The second kappa shape index (κ2) is 5.70. The summed E-state index contributed by atoms with van der Waals surface area (Å²) in [5.74, 6) is 0.388. The van der Waals surface area contributed by atoms with Gasteiger partial charge in [0.2, 0.25) is 0 Å². The molecule has 0 spiro atoms. The summed E-state index contributed by atoms with van der Waals surface area (Å²) < 4.78 is 35.6. The van der Waals surface area contributed by atoms with E-state index in [0.29, 0.717) is 12.5 Å². The lowest BCUT2D eigenvalue weighted by atomic mass is 10.1. The van der Waals surface area contributed by atoms with Gasteiger partial charge < -0.3 is 10.2 Å². The topological polar surface area (TPSA) is 15.3 Å². The van der Waals surface area contributed by atoms with E-state index in [2.05, 4.69) is 17.1 Å². The number of alkyl halides is 3. The molecule has 0 aromatic heterocycles. The van der Waals surface area contributed by atoms with Crippen molar-refractivity contribution in [2.75, 3.05) is 32.7 Å². The van der Waals surface area contributed by atoms with Crippen molar-refractivity contribution in [1.82, 2.24) is 10.2 Å². The van der Waals surface area contributed by atoms with E-state index in [9.17, 15) is 13.2 Å². The number of nitrogens with one attached hydrogen (secondary N) is 1. The molecular weight excluding hydrogens is 205 g/mol. The van der Waals surface area contributed by atoms with E-state index in [0.717, 1.165) is 32.5 Å². The van der Waals surface area contributed by atoms with Crippen LogP contribution in [0.4, 0.5) is 13.2 Å². The zero-order valence-electron chi connectivity index (χ0n) is 9.11. The normalized spacial score (nSPS) is 23.6. The van der Waals surface area contributed by atoms with Crippen LogP contribution in [0, 0.1) is 5.92 Å². The van der Waals surface area contributed by atoms with Crippen molar-refractivity contribution in [2.24, 2.45) is 5.92 Å². The van der Waals surface area contributed by atoms with Crippen LogP contribution in [0.3, 0.4) is 0 Å². The van der Waals surface area contributed by atoms with E-state index in [1.165, 1.54) is 0 Å². The molecule has 0 saturated carbocycles. The summed E-state index contributed by atoms with van der Waals surface area (Å²) in [6, 6.07) is 0. The van der Waals surface area contributed by atoms with Crippen LogP contribution in [0.5, 0.6) is 0 Å². The second-order valence-electron chi connectivity index (χ2n) is 4.20. The maximum absolute atomic E-state index is 11.9. The summed E-state index contributed by atoms with van der Waals surface area (Å²) in [4.78, 5) is 2.32. The third-order valence-corrected chi connectivity index (χ3v) is 2.67. The Labute approximate surface area is 88.8 Å². The number of nitrogens with zero attached hydrogens (tertiary/aromatic N) is 1. The molecule has 1 N–H and O–H groups in total. The first-order valence-corrected chi connectivity index (χ1v) is 5.51. The largest absolute Gasteiger partial charge is 0.401 e. The van der Waals surface area contributed by atoms with Gasteiger partial charge in [-0.3, -0.25) is 0 Å². The van der Waals surface area contributed by atoms with Gasteiger partial charge in [0.1, 0.15) is 0 Å². The molecule has 0 radical (unpaired) electrons. The van der Waals surface area contributed by atoms with Crippen LogP contribution in [0.25, 0.3) is 0 Å². The standard InChI is InChI=1S/C10H19F3N2/c1-2-4-15-5-3-9(7-15)6-14-8-10(11,12)13/h9,14H,2-8H2,1H3. The second-order valence-corrected chi connectivity index (χ2v) is 4.20. The van der Waals surface area contributed by atoms with Crippen LogP contribution in [-0.2, 0) is 0 Å². The van der Waals surface area contributed by atoms with Gasteiger partial charge in [-0.1, -0.05) is 6.92 Å². The van der Waals surface area contributed by atoms with Gasteiger partial charge in [-0.05, 0) is 38.4 Å². The highest BCUT2D eigenvalue weighted by Crippen LogP contribution is 2.16. The predicted molar refractivity (Wildman–Crippen MR) is 53.8 cm³/mol. The van der Waals surface area contributed by atoms with Gasteiger partial charge in [-0.25, -0.2) is 0 Å². The van der Waals surface area contributed by atoms with Crippen molar-refractivity contribution in [3.63, 3.8) is 0 Å². The number of hydrogen-bond donors (Lipinski definition) is 1. The molecule has 15 heavy (non-hydrogen) atoms. The Kier molecular flexibility index (Phi) is 4.86. The first-order valence-electron chi connectivity index (χ1n) is 5.51. The average molecular weight is 224 g/mol. The van der Waals surface area contributed by atoms with E-state index in [1.54, 1.807) is 0 Å². The van der Waals surface area contributed by atoms with Crippen molar-refractivity contribution < 1.29 is 13.2 Å². The molecule has 1 aliphatic heterocycles. The fraction of sp³-hybridized carbons (Fsp3) is 1.00. The van der Waals surface area contributed by atoms with Gasteiger partial charge in [0, 0.05) is 6.54 Å². The number of likely N-dealkylation sites (tertiary alicyclic amines) is 1. The molecule has 1 rings (SSSR count). The Hall–Kier alpha value is -0.290. The quantitative estimate of drug-likeness (QED) is 0.767. The zero-order chi connectivity index (χ0) is 11.3. The van der Waals surface area contributed by atoms with E-state index in [1.807, 2.05) is 0 Å². The molecule has 0 aromatic carbocycles. The minimum Gasteiger partial charge on any atom is -0.308 e. The first-order chi connectivity index (χ1) is 7.01. The molecule has 5 heteroatoms. The zero-order valence-corrected chi connectivity index (χ0v) is 9.11. The lowest BCUT2D eigenvalue weighted by Crippen LogP contribution is -2.33. The van der Waals surface area contributed by atoms with E-state index in [4.69, 9.17) is 0 Å². The van der Waals surface area contributed by atoms with Gasteiger partial charge in [0.15, 0.2) is 0 Å². The molecule has 1 aliphatic rings. The predicted octanol–water partition coefficient (Wildman–Crippen LogP) is 1.87. The van der Waals surface area contributed by atoms with E-state index in [-0.39, 0.29) is 0 Å². The van der Waals surface area contributed by atoms with Gasteiger partial charge in [0.05, 0.1) is 6.54 Å². The van der Waals surface area contributed by atoms with Crippen LogP contribution in [-0.4, -0.2) is 43.8 Å². The molecule has 90 valence electrons. The highest BCUT2D eigenvalue weighted by Gasteiger charge is 2.28. The fourth-order valence-electron chi connectivity index (χ4n) is 2.02. The molecule has 0 amide bonds. The molecule has 1 saturated heterocycles. The summed E-state index contributed by atoms with van der Waals surface area (Å²) in [5, 5.41) is 2.48. The smallest absolute Gasteiger partial charge is 0.308 e. The summed E-state index contributed by atoms with van der Waals surface area (Å²) in [5.41, 5.74) is 0. The van der Waals surface area contributed by atoms with Gasteiger partial charge in [0.25, 0.3) is 0 Å². The summed E-state index contributed by atoms with van der Waals surface area (Å²) in [7, 11) is 0. The molecule has 1 fully saturated rings. The number of rotatable bonds is 5. The summed E-state index contributed by atoms with van der Waals surface area (Å²) in [6.07, 6.45) is -1.95. The highest BCUT2D eigenvalue weighted by atomic mass is 19.4. The van der Waals surface area contributed by atoms with Crippen molar-refractivity contribution in [3.05, 3.63) is 0 Å². The minimum absolute atomic E-state index is 0.388. The van der Waals surface area contributed by atoms with Crippen LogP contribution < -0.4 is 5.32 Å². The van der Waals surface area contributed by atoms with Crippen molar-refractivity contribution in [3.8, 4) is 0 Å². The summed E-state index contributed by atoms with van der Waals surface area (Å²) in [6.45, 7) is 4.78. The number of halogens is 3. The Bertz CT molecular complexity index is 182. The minimum atomic E-state index is -4.08. The van der Waals surface area contributed by atoms with E-state index >= 15 is 0 Å². The van der Waals surface area contributed by atoms with Gasteiger partial charge >= 0.3 is 6.18 Å². The molecule has 2 nitrogen and oxygen atoms in total. The molecule has 1 heterocycles. The molecule has 1 unspecified atom stereocenters. The lowest BCUT2D eigenvalue weighted by molar-refractivity contribution is -0.125. The van der Waals surface area contributed by atoms with Crippen molar-refractivity contribution in [2.45, 2.75) is 25.9 Å². The third-order valence-electron chi connectivity index (χ3n) is 2.67. The Balaban J connectivity index is 2.09. The van der Waals surface area contributed by atoms with Crippen LogP contribution >= 0.6 is 0 Å². The lowest BCUT2D eigenvalue weighted by Gasteiger charge is -2.15. The molecule has 0 aliphatic carbocycles. The Morgan fingerprint density at radius 2 is 2.13 bits per heavy atom. The Morgan fingerprint density at radius 1 is 1.40 bits per heavy atom. The molecule has 1 atom stereocenters. The Morgan fingerprint density at radius 3 is 2.73 bits per heavy atom. The monoisotopic (exact) mass is 224 g/mol. The van der Waals surface area contributed by atoms with Crippen LogP contribution in [0.15, 0.2) is 0 Å². The van der Waals surface area contributed by atoms with Crippen LogP contribution in [0.2, 0.25) is 0 Å². The third kappa shape index (κ3) is 5.37. The maximum atomic E-state index is 11.9. The molecule has 0 aromatic rings. The first kappa shape index (κ1) is 12.8. The average Bonchev–Trinajstić information content (AvgIpc) is 2.51. The fourth-order valence-corrected chi connectivity index (χ4v) is 2.02. The highest BCUT2D eigenvalue weighted by molar-refractivity contribution is 4.77.